The molecule has 1 aromatic rings. The first-order valence-electron chi connectivity index (χ1n) is 4.51. The number of hydrogen-bond donors (Lipinski definition) is 0. The number of esters is 1. The lowest BCUT2D eigenvalue weighted by Gasteiger charge is -2.01. The topological polar surface area (TPSA) is 43.4 Å². The van der Waals surface area contributed by atoms with Crippen molar-refractivity contribution in [3.05, 3.63) is 41.5 Å². The van der Waals surface area contributed by atoms with Crippen LogP contribution >= 0.6 is 0 Å². The second kappa shape index (κ2) is 5.10. The Hall–Kier alpha value is -1.90. The summed E-state index contributed by atoms with van der Waals surface area (Å²) in [5.74, 6) is -0.906. The van der Waals surface area contributed by atoms with Crippen molar-refractivity contribution >= 4 is 17.8 Å². The molecule has 0 bridgehead atoms. The van der Waals surface area contributed by atoms with Gasteiger partial charge in [0.2, 0.25) is 0 Å². The molecular weight excluding hydrogens is 192 g/mol. The zero-order chi connectivity index (χ0) is 11.3. The van der Waals surface area contributed by atoms with Crippen LogP contribution in [-0.2, 0) is 14.3 Å². The Morgan fingerprint density at radius 2 is 1.80 bits per heavy atom. The van der Waals surface area contributed by atoms with Crippen LogP contribution in [0.15, 0.2) is 35.9 Å². The van der Waals surface area contributed by atoms with Crippen LogP contribution in [0.25, 0.3) is 6.08 Å². The highest BCUT2D eigenvalue weighted by molar-refractivity contribution is 6.19. The Labute approximate surface area is 88.4 Å². The molecule has 78 valence electrons. The summed E-state index contributed by atoms with van der Waals surface area (Å²) in [5, 5.41) is 0. The quantitative estimate of drug-likeness (QED) is 0.326. The molecule has 15 heavy (non-hydrogen) atoms. The van der Waals surface area contributed by atoms with Gasteiger partial charge in [-0.1, -0.05) is 30.3 Å². The first kappa shape index (κ1) is 11.2. The van der Waals surface area contributed by atoms with Gasteiger partial charge in [-0.25, -0.2) is 4.79 Å². The van der Waals surface area contributed by atoms with Gasteiger partial charge in [0.25, 0.3) is 0 Å². The van der Waals surface area contributed by atoms with Gasteiger partial charge in [0, 0.05) is 0 Å². The van der Waals surface area contributed by atoms with E-state index >= 15 is 0 Å². The van der Waals surface area contributed by atoms with Crippen LogP contribution in [0.3, 0.4) is 0 Å². The summed E-state index contributed by atoms with van der Waals surface area (Å²) in [5.41, 5.74) is 0.858. The Kier molecular flexibility index (Phi) is 3.80. The number of ether oxygens (including phenoxy) is 1. The summed E-state index contributed by atoms with van der Waals surface area (Å²) < 4.78 is 4.52. The largest absolute Gasteiger partial charge is 0.465 e. The van der Waals surface area contributed by atoms with Gasteiger partial charge >= 0.3 is 5.97 Å². The van der Waals surface area contributed by atoms with E-state index in [0.29, 0.717) is 0 Å². The predicted molar refractivity (Wildman–Crippen MR) is 57.1 cm³/mol. The molecule has 0 N–H and O–H groups in total. The molecule has 0 amide bonds. The van der Waals surface area contributed by atoms with E-state index in [2.05, 4.69) is 4.74 Å². The van der Waals surface area contributed by atoms with Crippen LogP contribution in [-0.4, -0.2) is 18.9 Å². The van der Waals surface area contributed by atoms with E-state index in [-0.39, 0.29) is 11.4 Å². The molecule has 0 aliphatic heterocycles. The Morgan fingerprint density at radius 1 is 1.20 bits per heavy atom. The fourth-order valence-corrected chi connectivity index (χ4v) is 1.13. The molecule has 3 heteroatoms. The Morgan fingerprint density at radius 3 is 2.27 bits per heavy atom. The van der Waals surface area contributed by atoms with Crippen molar-refractivity contribution in [3.63, 3.8) is 0 Å². The van der Waals surface area contributed by atoms with Crippen molar-refractivity contribution in [1.82, 2.24) is 0 Å². The second-order valence-corrected chi connectivity index (χ2v) is 3.02. The van der Waals surface area contributed by atoms with Gasteiger partial charge < -0.3 is 4.74 Å². The summed E-state index contributed by atoms with van der Waals surface area (Å²) >= 11 is 0. The van der Waals surface area contributed by atoms with E-state index in [1.54, 1.807) is 0 Å². The third kappa shape index (κ3) is 3.06. The standard InChI is InChI=1S/C12H12O3/c1-9(13)11(12(14)15-2)8-10-6-4-3-5-7-10/h3-8H,1-2H3. The van der Waals surface area contributed by atoms with Crippen molar-refractivity contribution in [2.24, 2.45) is 0 Å². The number of rotatable bonds is 3. The number of methoxy groups -OCH3 is 1. The van der Waals surface area contributed by atoms with Crippen molar-refractivity contribution in [2.45, 2.75) is 6.92 Å². The average Bonchev–Trinajstić information content (AvgIpc) is 2.26. The first-order valence-corrected chi connectivity index (χ1v) is 4.51. The summed E-state index contributed by atoms with van der Waals surface area (Å²) in [7, 11) is 1.25. The Bertz CT molecular complexity index is 391. The minimum absolute atomic E-state index is 0.0590. The molecule has 1 aromatic carbocycles. The van der Waals surface area contributed by atoms with Crippen LogP contribution < -0.4 is 0 Å². The SMILES string of the molecule is COC(=O)C(=Cc1ccccc1)C(C)=O. The Balaban J connectivity index is 3.05. The molecule has 0 heterocycles. The predicted octanol–water partition coefficient (Wildman–Crippen LogP) is 1.83. The maximum absolute atomic E-state index is 11.2. The molecule has 0 radical (unpaired) electrons. The van der Waals surface area contributed by atoms with E-state index in [9.17, 15) is 9.59 Å². The second-order valence-electron chi connectivity index (χ2n) is 3.02. The average molecular weight is 204 g/mol. The van der Waals surface area contributed by atoms with Crippen LogP contribution in [0.4, 0.5) is 0 Å². The zero-order valence-corrected chi connectivity index (χ0v) is 8.69. The monoisotopic (exact) mass is 204 g/mol. The van der Waals surface area contributed by atoms with Gasteiger partial charge in [0.1, 0.15) is 5.57 Å². The molecule has 0 fully saturated rings. The normalized spacial score (nSPS) is 10.9. The molecule has 0 unspecified atom stereocenters. The minimum atomic E-state index is -0.605. The van der Waals surface area contributed by atoms with Crippen molar-refractivity contribution in [1.29, 1.82) is 0 Å². The van der Waals surface area contributed by atoms with Crippen molar-refractivity contribution in [3.8, 4) is 0 Å². The molecule has 0 spiro atoms. The third-order valence-electron chi connectivity index (χ3n) is 1.90. The summed E-state index contributed by atoms with van der Waals surface area (Å²) in [4.78, 5) is 22.4. The first-order chi connectivity index (χ1) is 7.15. The maximum atomic E-state index is 11.2. The molecule has 0 saturated carbocycles. The van der Waals surface area contributed by atoms with Gasteiger partial charge in [-0.2, -0.15) is 0 Å². The van der Waals surface area contributed by atoms with E-state index in [1.165, 1.54) is 20.1 Å². The molecule has 0 aliphatic rings. The van der Waals surface area contributed by atoms with Gasteiger partial charge in [-0.3, -0.25) is 4.79 Å². The number of carbonyl (C=O) groups excluding carboxylic acids is 2. The number of benzene rings is 1. The molecule has 1 rings (SSSR count). The molecular formula is C12H12O3. The van der Waals surface area contributed by atoms with E-state index in [1.807, 2.05) is 30.3 Å². The minimum Gasteiger partial charge on any atom is -0.465 e. The lowest BCUT2D eigenvalue weighted by atomic mass is 10.1. The third-order valence-corrected chi connectivity index (χ3v) is 1.90. The van der Waals surface area contributed by atoms with E-state index < -0.39 is 5.97 Å². The highest BCUT2D eigenvalue weighted by atomic mass is 16.5. The summed E-state index contributed by atoms with van der Waals surface area (Å²) in [6, 6.07) is 9.16. The number of carbonyl (C=O) groups is 2. The molecule has 0 aromatic heterocycles. The molecule has 0 atom stereocenters. The highest BCUT2D eigenvalue weighted by Gasteiger charge is 2.14. The van der Waals surface area contributed by atoms with Crippen LogP contribution in [0, 0.1) is 0 Å². The lowest BCUT2D eigenvalue weighted by molar-refractivity contribution is -0.137. The van der Waals surface area contributed by atoms with Crippen LogP contribution in [0.1, 0.15) is 12.5 Å². The fourth-order valence-electron chi connectivity index (χ4n) is 1.13. The molecule has 0 aliphatic carbocycles. The van der Waals surface area contributed by atoms with Gasteiger partial charge in [-0.15, -0.1) is 0 Å². The van der Waals surface area contributed by atoms with E-state index in [4.69, 9.17) is 0 Å². The zero-order valence-electron chi connectivity index (χ0n) is 8.69. The van der Waals surface area contributed by atoms with Gasteiger partial charge in [-0.05, 0) is 18.6 Å². The van der Waals surface area contributed by atoms with Crippen LogP contribution in [0.5, 0.6) is 0 Å². The van der Waals surface area contributed by atoms with Gasteiger partial charge in [0.05, 0.1) is 7.11 Å². The molecule has 3 nitrogen and oxygen atoms in total. The lowest BCUT2D eigenvalue weighted by Crippen LogP contribution is -2.11. The number of ketones is 1. The molecule has 0 saturated heterocycles. The summed E-state index contributed by atoms with van der Waals surface area (Å²) in [6.07, 6.45) is 1.52. The number of Topliss-reactive ketones (excluding diaryl/α,β-unsaturated/α-hetero) is 1. The van der Waals surface area contributed by atoms with Crippen molar-refractivity contribution < 1.29 is 14.3 Å². The highest BCUT2D eigenvalue weighted by Crippen LogP contribution is 2.08. The summed E-state index contributed by atoms with van der Waals surface area (Å²) in [6.45, 7) is 1.34. The number of hydrogen-bond acceptors (Lipinski definition) is 3. The smallest absolute Gasteiger partial charge is 0.341 e. The van der Waals surface area contributed by atoms with Crippen molar-refractivity contribution in [2.75, 3.05) is 7.11 Å². The fraction of sp³-hybridized carbons (Fsp3) is 0.167. The maximum Gasteiger partial charge on any atom is 0.341 e. The van der Waals surface area contributed by atoms with Crippen LogP contribution in [0.2, 0.25) is 0 Å². The van der Waals surface area contributed by atoms with E-state index in [0.717, 1.165) is 5.56 Å². The van der Waals surface area contributed by atoms with Gasteiger partial charge in [0.15, 0.2) is 5.78 Å².